The van der Waals surface area contributed by atoms with E-state index in [4.69, 9.17) is 15.2 Å². The Kier molecular flexibility index (Phi) is 7.15. The molecule has 124 valence electrons. The highest BCUT2D eigenvalue weighted by molar-refractivity contribution is 5.85. The Morgan fingerprint density at radius 2 is 2.23 bits per heavy atom. The summed E-state index contributed by atoms with van der Waals surface area (Å²) in [5.74, 6) is -2.09. The number of carbonyl (C=O) groups is 1. The first kappa shape index (κ1) is 18.8. The van der Waals surface area contributed by atoms with Crippen molar-refractivity contribution in [2.45, 2.75) is 12.1 Å². The zero-order chi connectivity index (χ0) is 15.4. The fraction of sp³-hybridized carbons (Fsp3) is 0.500. The smallest absolute Gasteiger partial charge is 0.242 e. The molecule has 1 heterocycles. The monoisotopic (exact) mass is 336 g/mol. The van der Waals surface area contributed by atoms with Gasteiger partial charge in [-0.15, -0.1) is 12.4 Å². The number of ether oxygens (including phenoxy) is 2. The summed E-state index contributed by atoms with van der Waals surface area (Å²) in [5, 5.41) is 0. The van der Waals surface area contributed by atoms with E-state index >= 15 is 0 Å². The highest BCUT2D eigenvalue weighted by atomic mass is 35.5. The lowest BCUT2D eigenvalue weighted by molar-refractivity contribution is -0.141. The molecule has 0 radical (unpaired) electrons. The Morgan fingerprint density at radius 3 is 2.86 bits per heavy atom. The number of hydrogen-bond acceptors (Lipinski definition) is 4. The van der Waals surface area contributed by atoms with Crippen molar-refractivity contribution >= 4 is 18.3 Å². The lowest BCUT2D eigenvalue weighted by Crippen LogP contribution is -2.50. The second-order valence-electron chi connectivity index (χ2n) is 4.88. The summed E-state index contributed by atoms with van der Waals surface area (Å²) in [7, 11) is 1.47. The molecule has 0 aromatic heterocycles. The topological polar surface area (TPSA) is 64.8 Å². The molecule has 1 fully saturated rings. The van der Waals surface area contributed by atoms with Gasteiger partial charge in [-0.2, -0.15) is 0 Å². The van der Waals surface area contributed by atoms with Crippen LogP contribution in [0.4, 0.5) is 8.78 Å². The van der Waals surface area contributed by atoms with Gasteiger partial charge in [0.15, 0.2) is 11.6 Å². The summed E-state index contributed by atoms with van der Waals surface area (Å²) in [5.41, 5.74) is 6.21. The molecule has 0 aliphatic carbocycles. The number of halogens is 3. The number of morpholine rings is 1. The van der Waals surface area contributed by atoms with E-state index in [1.807, 2.05) is 0 Å². The fourth-order valence-electron chi connectivity index (χ4n) is 2.25. The Morgan fingerprint density at radius 1 is 1.50 bits per heavy atom. The molecule has 22 heavy (non-hydrogen) atoms. The highest BCUT2D eigenvalue weighted by Crippen LogP contribution is 2.24. The normalized spacial score (nSPS) is 19.5. The van der Waals surface area contributed by atoms with E-state index in [0.717, 1.165) is 12.1 Å². The van der Waals surface area contributed by atoms with Crippen LogP contribution >= 0.6 is 12.4 Å². The van der Waals surface area contributed by atoms with Crippen LogP contribution in [0.2, 0.25) is 0 Å². The molecule has 1 saturated heterocycles. The van der Waals surface area contributed by atoms with Gasteiger partial charge in [0.1, 0.15) is 12.1 Å². The fourth-order valence-corrected chi connectivity index (χ4v) is 2.25. The van der Waals surface area contributed by atoms with Gasteiger partial charge in [-0.05, 0) is 17.7 Å². The first-order valence-electron chi connectivity index (χ1n) is 6.62. The number of benzene rings is 1. The zero-order valence-electron chi connectivity index (χ0n) is 12.1. The van der Waals surface area contributed by atoms with Gasteiger partial charge in [0.05, 0.1) is 19.8 Å². The molecule has 2 N–H and O–H groups in total. The number of amides is 1. The summed E-state index contributed by atoms with van der Waals surface area (Å²) in [6.45, 7) is 1.11. The molecule has 1 amide bonds. The third-order valence-corrected chi connectivity index (χ3v) is 3.36. The van der Waals surface area contributed by atoms with Gasteiger partial charge >= 0.3 is 0 Å². The van der Waals surface area contributed by atoms with E-state index in [-0.39, 0.29) is 31.5 Å². The van der Waals surface area contributed by atoms with Crippen LogP contribution in [0.5, 0.6) is 0 Å². The maximum atomic E-state index is 13.3. The minimum atomic E-state index is -0.935. The number of nitrogens with two attached hydrogens (primary N) is 1. The number of carbonyl (C=O) groups excluding carboxylic acids is 1. The SMILES string of the molecule is COCC(N)C(=O)N1CCOC(c2ccc(F)c(F)c2)C1.Cl. The van der Waals surface area contributed by atoms with E-state index in [2.05, 4.69) is 0 Å². The standard InChI is InChI=1S/C14H18F2N2O3.ClH/c1-20-8-12(17)14(19)18-4-5-21-13(7-18)9-2-3-10(15)11(16)6-9;/h2-3,6,12-13H,4-5,7-8,17H2,1H3;1H. The van der Waals surface area contributed by atoms with E-state index in [0.29, 0.717) is 18.7 Å². The molecule has 1 aliphatic heterocycles. The van der Waals surface area contributed by atoms with Gasteiger partial charge in [-0.25, -0.2) is 8.78 Å². The molecule has 0 bridgehead atoms. The average Bonchev–Trinajstić information content (AvgIpc) is 2.49. The molecule has 2 atom stereocenters. The van der Waals surface area contributed by atoms with Crippen molar-refractivity contribution in [3.63, 3.8) is 0 Å². The van der Waals surface area contributed by atoms with Crippen LogP contribution in [0.15, 0.2) is 18.2 Å². The number of rotatable bonds is 4. The van der Waals surface area contributed by atoms with Crippen molar-refractivity contribution in [3.05, 3.63) is 35.4 Å². The van der Waals surface area contributed by atoms with Crippen molar-refractivity contribution in [3.8, 4) is 0 Å². The Labute approximate surface area is 133 Å². The Balaban J connectivity index is 0.00000242. The summed E-state index contributed by atoms with van der Waals surface area (Å²) in [4.78, 5) is 13.7. The summed E-state index contributed by atoms with van der Waals surface area (Å²) in [6.07, 6.45) is -0.493. The predicted octanol–water partition coefficient (Wildman–Crippen LogP) is 1.26. The predicted molar refractivity (Wildman–Crippen MR) is 78.7 cm³/mol. The van der Waals surface area contributed by atoms with Gasteiger partial charge in [0.2, 0.25) is 5.91 Å². The average molecular weight is 337 g/mol. The first-order valence-corrected chi connectivity index (χ1v) is 6.62. The maximum Gasteiger partial charge on any atom is 0.242 e. The molecule has 1 aromatic carbocycles. The van der Waals surface area contributed by atoms with E-state index in [1.54, 1.807) is 4.90 Å². The molecule has 0 spiro atoms. The van der Waals surface area contributed by atoms with Crippen LogP contribution in [0.25, 0.3) is 0 Å². The van der Waals surface area contributed by atoms with E-state index < -0.39 is 23.8 Å². The lowest BCUT2D eigenvalue weighted by Gasteiger charge is -2.34. The molecule has 1 aliphatic rings. The molecule has 1 aromatic rings. The minimum absolute atomic E-state index is 0. The molecular weight excluding hydrogens is 318 g/mol. The van der Waals surface area contributed by atoms with Crippen LogP contribution in [0, 0.1) is 11.6 Å². The molecule has 8 heteroatoms. The zero-order valence-corrected chi connectivity index (χ0v) is 12.9. The van der Waals surface area contributed by atoms with E-state index in [9.17, 15) is 13.6 Å². The van der Waals surface area contributed by atoms with Crippen molar-refractivity contribution in [2.75, 3.05) is 33.4 Å². The van der Waals surface area contributed by atoms with Gasteiger partial charge < -0.3 is 20.1 Å². The Bertz CT molecular complexity index is 519. The third kappa shape index (κ3) is 4.36. The summed E-state index contributed by atoms with van der Waals surface area (Å²) in [6, 6.07) is 2.85. The number of nitrogens with zero attached hydrogens (tertiary/aromatic N) is 1. The van der Waals surface area contributed by atoms with Crippen LogP contribution < -0.4 is 5.73 Å². The second kappa shape index (κ2) is 8.38. The van der Waals surface area contributed by atoms with Crippen LogP contribution in [-0.4, -0.2) is 50.3 Å². The van der Waals surface area contributed by atoms with Crippen molar-refractivity contribution in [2.24, 2.45) is 5.73 Å². The second-order valence-corrected chi connectivity index (χ2v) is 4.88. The van der Waals surface area contributed by atoms with Gasteiger partial charge in [0.25, 0.3) is 0 Å². The summed E-state index contributed by atoms with van der Waals surface area (Å²) >= 11 is 0. The minimum Gasteiger partial charge on any atom is -0.383 e. The van der Waals surface area contributed by atoms with Crippen LogP contribution in [0.3, 0.4) is 0 Å². The summed E-state index contributed by atoms with van der Waals surface area (Å²) < 4.78 is 36.6. The Hall–Kier alpha value is -1.28. The lowest BCUT2D eigenvalue weighted by atomic mass is 10.1. The van der Waals surface area contributed by atoms with Crippen molar-refractivity contribution in [1.29, 1.82) is 0 Å². The maximum absolute atomic E-state index is 13.3. The van der Waals surface area contributed by atoms with Crippen LogP contribution in [-0.2, 0) is 14.3 Å². The molecule has 2 unspecified atom stereocenters. The third-order valence-electron chi connectivity index (χ3n) is 3.36. The quantitative estimate of drug-likeness (QED) is 0.899. The van der Waals surface area contributed by atoms with E-state index in [1.165, 1.54) is 13.2 Å². The first-order chi connectivity index (χ1) is 10.0. The number of methoxy groups -OCH3 is 1. The molecular formula is C14H19ClF2N2O3. The molecule has 5 nitrogen and oxygen atoms in total. The van der Waals surface area contributed by atoms with Crippen molar-refractivity contribution in [1.82, 2.24) is 4.90 Å². The molecule has 2 rings (SSSR count). The van der Waals surface area contributed by atoms with Gasteiger partial charge in [-0.1, -0.05) is 6.07 Å². The number of hydrogen-bond donors (Lipinski definition) is 1. The van der Waals surface area contributed by atoms with Crippen LogP contribution in [0.1, 0.15) is 11.7 Å². The van der Waals surface area contributed by atoms with Crippen molar-refractivity contribution < 1.29 is 23.0 Å². The molecule has 0 saturated carbocycles. The van der Waals surface area contributed by atoms with Gasteiger partial charge in [-0.3, -0.25) is 4.79 Å². The van der Waals surface area contributed by atoms with Gasteiger partial charge in [0, 0.05) is 13.7 Å². The highest BCUT2D eigenvalue weighted by Gasteiger charge is 2.28. The largest absolute Gasteiger partial charge is 0.383 e.